The summed E-state index contributed by atoms with van der Waals surface area (Å²) in [5.41, 5.74) is 0.914. The zero-order chi connectivity index (χ0) is 15.6. The van der Waals surface area contributed by atoms with Gasteiger partial charge in [0, 0.05) is 6.54 Å². The van der Waals surface area contributed by atoms with Crippen LogP contribution in [-0.2, 0) is 0 Å². The summed E-state index contributed by atoms with van der Waals surface area (Å²) in [6.07, 6.45) is -0.448. The molecule has 0 saturated carbocycles. The van der Waals surface area contributed by atoms with Crippen LogP contribution in [0.2, 0.25) is 0 Å². The van der Waals surface area contributed by atoms with Crippen molar-refractivity contribution in [3.8, 4) is 5.75 Å². The fourth-order valence-corrected chi connectivity index (χ4v) is 2.12. The predicted octanol–water partition coefficient (Wildman–Crippen LogP) is 2.14. The van der Waals surface area contributed by atoms with Crippen LogP contribution >= 0.6 is 0 Å². The van der Waals surface area contributed by atoms with Crippen molar-refractivity contribution in [3.05, 3.63) is 66.2 Å². The molecule has 2 aromatic carbocycles. The number of hydrogen-bond donors (Lipinski definition) is 3. The first-order chi connectivity index (χ1) is 10.8. The van der Waals surface area contributed by atoms with E-state index in [1.807, 2.05) is 60.7 Å². The highest BCUT2D eigenvalue weighted by Gasteiger charge is 2.08. The van der Waals surface area contributed by atoms with E-state index in [-0.39, 0.29) is 6.61 Å². The molecule has 3 N–H and O–H groups in total. The first kappa shape index (κ1) is 16.5. The summed E-state index contributed by atoms with van der Waals surface area (Å²) in [6.45, 7) is 1.32. The van der Waals surface area contributed by atoms with Crippen LogP contribution in [0.15, 0.2) is 60.7 Å². The maximum atomic E-state index is 10.0. The van der Waals surface area contributed by atoms with E-state index < -0.39 is 12.2 Å². The van der Waals surface area contributed by atoms with Crippen LogP contribution in [0.4, 0.5) is 0 Å². The molecule has 2 atom stereocenters. The van der Waals surface area contributed by atoms with Crippen molar-refractivity contribution in [1.82, 2.24) is 5.32 Å². The first-order valence-electron chi connectivity index (χ1n) is 7.55. The Morgan fingerprint density at radius 3 is 2.23 bits per heavy atom. The Bertz CT molecular complexity index is 518. The monoisotopic (exact) mass is 301 g/mol. The summed E-state index contributed by atoms with van der Waals surface area (Å²) in [4.78, 5) is 0. The number of rotatable bonds is 9. The number of aliphatic hydroxyl groups excluding tert-OH is 2. The molecule has 0 fully saturated rings. The molecule has 4 heteroatoms. The minimum absolute atomic E-state index is 0.248. The third-order valence-electron chi connectivity index (χ3n) is 3.34. The molecule has 0 saturated heterocycles. The van der Waals surface area contributed by atoms with Gasteiger partial charge in [-0.15, -0.1) is 0 Å². The summed E-state index contributed by atoms with van der Waals surface area (Å²) in [5, 5.41) is 23.0. The van der Waals surface area contributed by atoms with Gasteiger partial charge < -0.3 is 20.3 Å². The fourth-order valence-electron chi connectivity index (χ4n) is 2.12. The van der Waals surface area contributed by atoms with E-state index in [2.05, 4.69) is 5.32 Å². The molecule has 2 rings (SSSR count). The normalized spacial score (nSPS) is 13.5. The van der Waals surface area contributed by atoms with E-state index in [9.17, 15) is 10.2 Å². The van der Waals surface area contributed by atoms with Gasteiger partial charge in [0.05, 0.1) is 6.10 Å². The zero-order valence-corrected chi connectivity index (χ0v) is 12.6. The Labute approximate surface area is 131 Å². The predicted molar refractivity (Wildman–Crippen MR) is 86.8 cm³/mol. The Kier molecular flexibility index (Phi) is 6.90. The minimum Gasteiger partial charge on any atom is -0.491 e. The number of ether oxygens (including phenoxy) is 1. The highest BCUT2D eigenvalue weighted by atomic mass is 16.5. The summed E-state index contributed by atoms with van der Waals surface area (Å²) in [5.74, 6) is 0.751. The van der Waals surface area contributed by atoms with Crippen LogP contribution in [0.25, 0.3) is 0 Å². The number of nitrogens with one attached hydrogen (secondary N) is 1. The van der Waals surface area contributed by atoms with Crippen molar-refractivity contribution in [3.63, 3.8) is 0 Å². The van der Waals surface area contributed by atoms with Gasteiger partial charge in [-0.1, -0.05) is 48.5 Å². The molecule has 2 aromatic rings. The molecule has 0 aliphatic carbocycles. The molecule has 0 aliphatic rings. The van der Waals surface area contributed by atoms with Crippen molar-refractivity contribution in [1.29, 1.82) is 0 Å². The van der Waals surface area contributed by atoms with Gasteiger partial charge in [-0.3, -0.25) is 0 Å². The maximum Gasteiger partial charge on any atom is 0.119 e. The van der Waals surface area contributed by atoms with Gasteiger partial charge >= 0.3 is 0 Å². The van der Waals surface area contributed by atoms with Crippen molar-refractivity contribution in [2.75, 3.05) is 19.7 Å². The number of aliphatic hydroxyl groups is 2. The third kappa shape index (κ3) is 5.85. The zero-order valence-electron chi connectivity index (χ0n) is 12.6. The lowest BCUT2D eigenvalue weighted by atomic mass is 10.1. The largest absolute Gasteiger partial charge is 0.491 e. The molecule has 22 heavy (non-hydrogen) atoms. The molecule has 0 spiro atoms. The summed E-state index contributed by atoms with van der Waals surface area (Å²) < 4.78 is 5.48. The van der Waals surface area contributed by atoms with E-state index in [4.69, 9.17) is 4.74 Å². The van der Waals surface area contributed by atoms with Gasteiger partial charge in [-0.05, 0) is 30.7 Å². The average molecular weight is 301 g/mol. The van der Waals surface area contributed by atoms with Crippen molar-refractivity contribution in [2.24, 2.45) is 0 Å². The molecule has 118 valence electrons. The van der Waals surface area contributed by atoms with Crippen LogP contribution < -0.4 is 10.1 Å². The van der Waals surface area contributed by atoms with Gasteiger partial charge in [0.1, 0.15) is 18.5 Å². The molecule has 0 aromatic heterocycles. The average Bonchev–Trinajstić information content (AvgIpc) is 2.58. The number of hydrogen-bond acceptors (Lipinski definition) is 4. The van der Waals surface area contributed by atoms with Gasteiger partial charge in [0.25, 0.3) is 0 Å². The topological polar surface area (TPSA) is 61.7 Å². The van der Waals surface area contributed by atoms with E-state index in [0.29, 0.717) is 19.5 Å². The number of para-hydroxylation sites is 1. The Morgan fingerprint density at radius 1 is 0.909 bits per heavy atom. The second kappa shape index (κ2) is 9.20. The SMILES string of the molecule is OC(CNCCC(O)c1ccccc1)COc1ccccc1. The summed E-state index contributed by atoms with van der Waals surface area (Å²) >= 11 is 0. The summed E-state index contributed by atoms with van der Waals surface area (Å²) in [7, 11) is 0. The number of benzene rings is 2. The highest BCUT2D eigenvalue weighted by molar-refractivity contribution is 5.21. The Morgan fingerprint density at radius 2 is 1.55 bits per heavy atom. The lowest BCUT2D eigenvalue weighted by molar-refractivity contribution is 0.104. The van der Waals surface area contributed by atoms with Crippen molar-refractivity contribution in [2.45, 2.75) is 18.6 Å². The standard InChI is InChI=1S/C18H23NO3/c20-16(14-22-17-9-5-2-6-10-17)13-19-12-11-18(21)15-7-3-1-4-8-15/h1-10,16,18-21H,11-14H2. The second-order valence-electron chi connectivity index (χ2n) is 5.20. The molecule has 0 bridgehead atoms. The molecule has 2 unspecified atom stereocenters. The van der Waals surface area contributed by atoms with Crippen LogP contribution in [0.1, 0.15) is 18.1 Å². The molecular formula is C18H23NO3. The molecule has 0 aliphatic heterocycles. The minimum atomic E-state index is -0.575. The van der Waals surface area contributed by atoms with Gasteiger partial charge in [-0.2, -0.15) is 0 Å². The second-order valence-corrected chi connectivity index (χ2v) is 5.20. The van der Waals surface area contributed by atoms with Gasteiger partial charge in [0.2, 0.25) is 0 Å². The van der Waals surface area contributed by atoms with Crippen molar-refractivity contribution < 1.29 is 14.9 Å². The van der Waals surface area contributed by atoms with E-state index in [0.717, 1.165) is 11.3 Å². The first-order valence-corrected chi connectivity index (χ1v) is 7.55. The van der Waals surface area contributed by atoms with Gasteiger partial charge in [0.15, 0.2) is 0 Å². The van der Waals surface area contributed by atoms with Crippen LogP contribution in [0.3, 0.4) is 0 Å². The molecule has 0 radical (unpaired) electrons. The van der Waals surface area contributed by atoms with E-state index >= 15 is 0 Å². The third-order valence-corrected chi connectivity index (χ3v) is 3.34. The molecule has 0 heterocycles. The molecule has 4 nitrogen and oxygen atoms in total. The Balaban J connectivity index is 1.58. The molecule has 0 amide bonds. The lowest BCUT2D eigenvalue weighted by Gasteiger charge is -2.15. The van der Waals surface area contributed by atoms with Crippen molar-refractivity contribution >= 4 is 0 Å². The lowest BCUT2D eigenvalue weighted by Crippen LogP contribution is -2.32. The van der Waals surface area contributed by atoms with Crippen LogP contribution in [-0.4, -0.2) is 36.0 Å². The van der Waals surface area contributed by atoms with Crippen LogP contribution in [0.5, 0.6) is 5.75 Å². The highest BCUT2D eigenvalue weighted by Crippen LogP contribution is 2.14. The fraction of sp³-hybridized carbons (Fsp3) is 0.333. The Hall–Kier alpha value is -1.88. The smallest absolute Gasteiger partial charge is 0.119 e. The summed E-state index contributed by atoms with van der Waals surface area (Å²) in [6, 6.07) is 19.0. The van der Waals surface area contributed by atoms with E-state index in [1.165, 1.54) is 0 Å². The molecular weight excluding hydrogens is 278 g/mol. The van der Waals surface area contributed by atoms with Gasteiger partial charge in [-0.25, -0.2) is 0 Å². The van der Waals surface area contributed by atoms with Crippen LogP contribution in [0, 0.1) is 0 Å². The quantitative estimate of drug-likeness (QED) is 0.621. The van der Waals surface area contributed by atoms with E-state index in [1.54, 1.807) is 0 Å². The maximum absolute atomic E-state index is 10.0.